The molecule has 0 saturated heterocycles. The number of hydrogen-bond acceptors (Lipinski definition) is 4. The Labute approximate surface area is 112 Å². The largest absolute Gasteiger partial charge is 0.545 e. The van der Waals surface area contributed by atoms with Gasteiger partial charge in [-0.25, -0.2) is 4.39 Å². The van der Waals surface area contributed by atoms with Crippen LogP contribution < -0.4 is 10.4 Å². The van der Waals surface area contributed by atoms with E-state index in [2.05, 4.69) is 5.32 Å². The molecule has 0 atom stereocenters. The number of rotatable bonds is 3. The van der Waals surface area contributed by atoms with Crippen molar-refractivity contribution in [3.8, 4) is 0 Å². The minimum Gasteiger partial charge on any atom is -0.545 e. The van der Waals surface area contributed by atoms with Crippen molar-refractivity contribution in [1.82, 2.24) is 0 Å². The van der Waals surface area contributed by atoms with Crippen LogP contribution in [-0.4, -0.2) is 11.9 Å². The number of thiophene rings is 1. The third kappa shape index (κ3) is 2.97. The Balaban J connectivity index is 2.24. The van der Waals surface area contributed by atoms with E-state index in [0.717, 1.165) is 28.3 Å². The highest BCUT2D eigenvalue weighted by Gasteiger charge is 2.12. The summed E-state index contributed by atoms with van der Waals surface area (Å²) in [7, 11) is 0. The lowest BCUT2D eigenvalue weighted by Gasteiger charge is -2.06. The van der Waals surface area contributed by atoms with Crippen LogP contribution in [0.25, 0.3) is 0 Å². The Kier molecular flexibility index (Phi) is 3.62. The van der Waals surface area contributed by atoms with E-state index in [9.17, 15) is 19.1 Å². The average Bonchev–Trinajstić information content (AvgIpc) is 2.71. The van der Waals surface area contributed by atoms with Crippen LogP contribution in [0.1, 0.15) is 25.6 Å². The molecule has 1 N–H and O–H groups in total. The second-order valence-electron chi connectivity index (χ2n) is 3.85. The molecule has 1 amide bonds. The molecule has 1 heterocycles. The van der Waals surface area contributed by atoms with Gasteiger partial charge in [-0.05, 0) is 37.3 Å². The van der Waals surface area contributed by atoms with Crippen LogP contribution in [0.2, 0.25) is 0 Å². The van der Waals surface area contributed by atoms with Crippen LogP contribution >= 0.6 is 11.3 Å². The predicted molar refractivity (Wildman–Crippen MR) is 67.7 cm³/mol. The molecule has 1 aromatic carbocycles. The maximum atomic E-state index is 12.7. The second-order valence-corrected chi connectivity index (χ2v) is 5.10. The number of benzene rings is 1. The number of aryl methyl sites for hydroxylation is 1. The first-order valence-corrected chi connectivity index (χ1v) is 6.17. The minimum atomic E-state index is -1.35. The van der Waals surface area contributed by atoms with Crippen LogP contribution in [0.15, 0.2) is 30.3 Å². The fourth-order valence-electron chi connectivity index (χ4n) is 1.54. The number of aromatic carboxylic acids is 1. The number of halogens is 1. The number of anilines is 1. The molecule has 4 nitrogen and oxygen atoms in total. The normalized spacial score (nSPS) is 10.2. The first-order valence-electron chi connectivity index (χ1n) is 5.36. The van der Waals surface area contributed by atoms with Gasteiger partial charge in [-0.2, -0.15) is 0 Å². The highest BCUT2D eigenvalue weighted by atomic mass is 32.1. The maximum absolute atomic E-state index is 12.7. The maximum Gasteiger partial charge on any atom is 0.256 e. The summed E-state index contributed by atoms with van der Waals surface area (Å²) < 4.78 is 12.7. The number of carbonyl (C=O) groups excluding carboxylic acids is 2. The molecule has 0 bridgehead atoms. The topological polar surface area (TPSA) is 69.2 Å². The second kappa shape index (κ2) is 5.19. The van der Waals surface area contributed by atoms with Gasteiger partial charge in [-0.1, -0.05) is 0 Å². The monoisotopic (exact) mass is 278 g/mol. The van der Waals surface area contributed by atoms with Gasteiger partial charge in [0.15, 0.2) is 0 Å². The van der Waals surface area contributed by atoms with Gasteiger partial charge < -0.3 is 15.2 Å². The fourth-order valence-corrected chi connectivity index (χ4v) is 2.43. The van der Waals surface area contributed by atoms with Gasteiger partial charge in [0.25, 0.3) is 5.91 Å². The average molecular weight is 278 g/mol. The third-order valence-corrected chi connectivity index (χ3v) is 3.37. The van der Waals surface area contributed by atoms with Crippen LogP contribution in [0.4, 0.5) is 9.39 Å². The van der Waals surface area contributed by atoms with Gasteiger partial charge in [0, 0.05) is 16.0 Å². The van der Waals surface area contributed by atoms with Crippen molar-refractivity contribution in [2.24, 2.45) is 0 Å². The Morgan fingerprint density at radius 1 is 1.26 bits per heavy atom. The van der Waals surface area contributed by atoms with Gasteiger partial charge in [-0.15, -0.1) is 11.3 Å². The van der Waals surface area contributed by atoms with E-state index in [1.54, 1.807) is 6.92 Å². The van der Waals surface area contributed by atoms with Crippen LogP contribution in [0.3, 0.4) is 0 Å². The van der Waals surface area contributed by atoms with Crippen LogP contribution in [0, 0.1) is 12.7 Å². The van der Waals surface area contributed by atoms with Gasteiger partial charge in [0.2, 0.25) is 0 Å². The molecule has 0 aliphatic rings. The first kappa shape index (κ1) is 13.2. The molecule has 1 aromatic heterocycles. The summed E-state index contributed by atoms with van der Waals surface area (Å²) in [4.78, 5) is 23.5. The van der Waals surface area contributed by atoms with E-state index in [-0.39, 0.29) is 16.1 Å². The smallest absolute Gasteiger partial charge is 0.256 e. The van der Waals surface area contributed by atoms with E-state index in [1.807, 2.05) is 0 Å². The SMILES string of the molecule is Cc1cc(C(=O)[O-])c(NC(=O)c2ccc(F)cc2)s1. The van der Waals surface area contributed by atoms with Gasteiger partial charge in [0.05, 0.1) is 5.97 Å². The molecule has 2 rings (SSSR count). The minimum absolute atomic E-state index is 0.0574. The van der Waals surface area contributed by atoms with Crippen molar-refractivity contribution < 1.29 is 19.1 Å². The summed E-state index contributed by atoms with van der Waals surface area (Å²) in [6.07, 6.45) is 0. The predicted octanol–water partition coefficient (Wildman–Crippen LogP) is 1.81. The zero-order chi connectivity index (χ0) is 14.0. The summed E-state index contributed by atoms with van der Waals surface area (Å²) in [5, 5.41) is 13.6. The van der Waals surface area contributed by atoms with E-state index in [4.69, 9.17) is 0 Å². The Morgan fingerprint density at radius 3 is 2.47 bits per heavy atom. The first-order chi connectivity index (χ1) is 8.97. The zero-order valence-corrected chi connectivity index (χ0v) is 10.7. The summed E-state index contributed by atoms with van der Waals surface area (Å²) in [5.41, 5.74) is 0.190. The van der Waals surface area contributed by atoms with Crippen molar-refractivity contribution in [2.45, 2.75) is 6.92 Å². The quantitative estimate of drug-likeness (QED) is 0.931. The number of nitrogens with one attached hydrogen (secondary N) is 1. The van der Waals surface area contributed by atoms with Gasteiger partial charge >= 0.3 is 0 Å². The van der Waals surface area contributed by atoms with Crippen LogP contribution in [0.5, 0.6) is 0 Å². The molecule has 0 unspecified atom stereocenters. The molecule has 0 aliphatic carbocycles. The summed E-state index contributed by atoms with van der Waals surface area (Å²) in [6, 6.07) is 6.40. The summed E-state index contributed by atoms with van der Waals surface area (Å²) in [5.74, 6) is -2.29. The number of carboxylic acids is 1. The molecule has 0 fully saturated rings. The fraction of sp³-hybridized carbons (Fsp3) is 0.0769. The highest BCUT2D eigenvalue weighted by Crippen LogP contribution is 2.27. The van der Waals surface area contributed by atoms with E-state index in [1.165, 1.54) is 18.2 Å². The number of amides is 1. The molecule has 0 saturated carbocycles. The third-order valence-electron chi connectivity index (χ3n) is 2.41. The molecule has 0 aliphatic heterocycles. The van der Waals surface area contributed by atoms with Crippen molar-refractivity contribution in [1.29, 1.82) is 0 Å². The summed E-state index contributed by atoms with van der Waals surface area (Å²) in [6.45, 7) is 1.73. The molecule has 2 aromatic rings. The molecule has 6 heteroatoms. The lowest BCUT2D eigenvalue weighted by Crippen LogP contribution is -2.23. The van der Waals surface area contributed by atoms with Gasteiger partial charge in [-0.3, -0.25) is 4.79 Å². The number of carbonyl (C=O) groups is 2. The van der Waals surface area contributed by atoms with E-state index in [0.29, 0.717) is 0 Å². The lowest BCUT2D eigenvalue weighted by molar-refractivity contribution is -0.254. The van der Waals surface area contributed by atoms with Crippen LogP contribution in [-0.2, 0) is 0 Å². The molecule has 0 radical (unpaired) electrons. The molecule has 19 heavy (non-hydrogen) atoms. The van der Waals surface area contributed by atoms with Crippen molar-refractivity contribution in [2.75, 3.05) is 5.32 Å². The van der Waals surface area contributed by atoms with E-state index >= 15 is 0 Å². The van der Waals surface area contributed by atoms with Crippen molar-refractivity contribution in [3.63, 3.8) is 0 Å². The molecule has 98 valence electrons. The zero-order valence-electron chi connectivity index (χ0n) is 9.90. The standard InChI is InChI=1S/C13H10FNO3S/c1-7-6-10(13(17)18)12(19-7)15-11(16)8-2-4-9(14)5-3-8/h2-6H,1H3,(H,15,16)(H,17,18)/p-1. The molecule has 0 spiro atoms. The highest BCUT2D eigenvalue weighted by molar-refractivity contribution is 7.16. The van der Waals surface area contributed by atoms with Crippen molar-refractivity contribution >= 4 is 28.2 Å². The van der Waals surface area contributed by atoms with E-state index < -0.39 is 17.7 Å². The number of hydrogen-bond donors (Lipinski definition) is 1. The van der Waals surface area contributed by atoms with Crippen molar-refractivity contribution in [3.05, 3.63) is 52.2 Å². The van der Waals surface area contributed by atoms with Gasteiger partial charge in [0.1, 0.15) is 10.8 Å². The molecular formula is C13H9FNO3S-. The Hall–Kier alpha value is -2.21. The summed E-state index contributed by atoms with van der Waals surface area (Å²) >= 11 is 1.14. The lowest BCUT2D eigenvalue weighted by atomic mass is 10.2. The number of carboxylic acid groups (broad SMARTS) is 1. The Morgan fingerprint density at radius 2 is 1.89 bits per heavy atom. The molecular weight excluding hydrogens is 269 g/mol. The Bertz CT molecular complexity index is 634.